The number of methoxy groups -OCH3 is 4. The monoisotopic (exact) mass is 477 g/mol. The van der Waals surface area contributed by atoms with Crippen LogP contribution in [0.25, 0.3) is 18.2 Å². The molecule has 3 rings (SSSR count). The topological polar surface area (TPSA) is 106 Å². The van der Waals surface area contributed by atoms with Crippen molar-refractivity contribution in [2.75, 3.05) is 33.8 Å². The standard InChI is InChI=1S/C27H27NO7/c1-32-23-15-19(16-24(33-2)27(23)35-4)6-5-18-13-21(26(34-3)22(30)14-18)28-25(31)12-9-17-7-10-20(29)11-8-17/h5-16,29-30H,1-4H3,(H,28,31)/b6-5+,12-9+. The number of aromatic hydroxyl groups is 2. The van der Waals surface area contributed by atoms with Gasteiger partial charge in [0.15, 0.2) is 23.0 Å². The first-order valence-electron chi connectivity index (χ1n) is 10.6. The Morgan fingerprint density at radius 3 is 1.83 bits per heavy atom. The normalized spacial score (nSPS) is 11.0. The first-order chi connectivity index (χ1) is 16.9. The Bertz CT molecular complexity index is 1220. The van der Waals surface area contributed by atoms with Gasteiger partial charge in [0, 0.05) is 6.08 Å². The predicted molar refractivity (Wildman–Crippen MR) is 135 cm³/mol. The number of phenols is 2. The van der Waals surface area contributed by atoms with Crippen LogP contribution in [0.1, 0.15) is 16.7 Å². The number of anilines is 1. The lowest BCUT2D eigenvalue weighted by Crippen LogP contribution is -2.09. The number of amides is 1. The van der Waals surface area contributed by atoms with E-state index in [4.69, 9.17) is 18.9 Å². The van der Waals surface area contributed by atoms with Crippen LogP contribution in [-0.2, 0) is 4.79 Å². The van der Waals surface area contributed by atoms with E-state index in [0.29, 0.717) is 28.5 Å². The average molecular weight is 478 g/mol. The number of hydrogen-bond acceptors (Lipinski definition) is 7. The third-order valence-electron chi connectivity index (χ3n) is 5.03. The lowest BCUT2D eigenvalue weighted by Gasteiger charge is -2.13. The highest BCUT2D eigenvalue weighted by Gasteiger charge is 2.14. The highest BCUT2D eigenvalue weighted by molar-refractivity contribution is 6.03. The van der Waals surface area contributed by atoms with Gasteiger partial charge in [-0.25, -0.2) is 0 Å². The molecule has 0 atom stereocenters. The van der Waals surface area contributed by atoms with Crippen LogP contribution in [0.5, 0.6) is 34.5 Å². The first-order valence-corrected chi connectivity index (χ1v) is 10.6. The Hall–Kier alpha value is -4.59. The van der Waals surface area contributed by atoms with Crippen molar-refractivity contribution >= 4 is 29.8 Å². The van der Waals surface area contributed by atoms with E-state index in [9.17, 15) is 15.0 Å². The van der Waals surface area contributed by atoms with Crippen LogP contribution in [0.3, 0.4) is 0 Å². The second-order valence-corrected chi connectivity index (χ2v) is 7.33. The Morgan fingerprint density at radius 1 is 0.714 bits per heavy atom. The van der Waals surface area contributed by atoms with E-state index in [-0.39, 0.29) is 17.2 Å². The summed E-state index contributed by atoms with van der Waals surface area (Å²) < 4.78 is 21.4. The molecule has 0 heterocycles. The number of carbonyl (C=O) groups excluding carboxylic acids is 1. The van der Waals surface area contributed by atoms with Gasteiger partial charge in [-0.2, -0.15) is 0 Å². The zero-order valence-electron chi connectivity index (χ0n) is 19.9. The van der Waals surface area contributed by atoms with Crippen LogP contribution in [0.15, 0.2) is 54.6 Å². The van der Waals surface area contributed by atoms with Crippen LogP contribution >= 0.6 is 0 Å². The zero-order valence-corrected chi connectivity index (χ0v) is 19.9. The maximum atomic E-state index is 12.5. The molecule has 0 aliphatic rings. The molecular formula is C27H27NO7. The van der Waals surface area contributed by atoms with Gasteiger partial charge in [-0.3, -0.25) is 4.79 Å². The van der Waals surface area contributed by atoms with E-state index >= 15 is 0 Å². The number of nitrogens with one attached hydrogen (secondary N) is 1. The van der Waals surface area contributed by atoms with Crippen LogP contribution < -0.4 is 24.3 Å². The molecule has 0 saturated heterocycles. The van der Waals surface area contributed by atoms with Gasteiger partial charge in [-0.05, 0) is 59.2 Å². The minimum Gasteiger partial charge on any atom is -0.508 e. The SMILES string of the molecule is COc1cc(/C=C/c2cc(O)c(OC)c(NC(=O)/C=C/c3ccc(O)cc3)c2)cc(OC)c1OC. The van der Waals surface area contributed by atoms with E-state index in [2.05, 4.69) is 5.32 Å². The van der Waals surface area contributed by atoms with Gasteiger partial charge in [0.2, 0.25) is 11.7 Å². The molecule has 0 bridgehead atoms. The highest BCUT2D eigenvalue weighted by atomic mass is 16.5. The summed E-state index contributed by atoms with van der Waals surface area (Å²) in [6.45, 7) is 0. The van der Waals surface area contributed by atoms with Gasteiger partial charge in [0.05, 0.1) is 34.1 Å². The molecule has 8 heteroatoms. The molecular weight excluding hydrogens is 450 g/mol. The summed E-state index contributed by atoms with van der Waals surface area (Å²) in [7, 11) is 6.02. The van der Waals surface area contributed by atoms with Gasteiger partial charge in [-0.15, -0.1) is 0 Å². The predicted octanol–water partition coefficient (Wildman–Crippen LogP) is 4.95. The number of hydrogen-bond donors (Lipinski definition) is 3. The van der Waals surface area contributed by atoms with Crippen molar-refractivity contribution in [3.63, 3.8) is 0 Å². The Kier molecular flexibility index (Phi) is 8.24. The molecule has 3 aromatic rings. The fraction of sp³-hybridized carbons (Fsp3) is 0.148. The molecule has 1 amide bonds. The van der Waals surface area contributed by atoms with Gasteiger partial charge < -0.3 is 34.5 Å². The number of carbonyl (C=O) groups is 1. The second-order valence-electron chi connectivity index (χ2n) is 7.33. The summed E-state index contributed by atoms with van der Waals surface area (Å²) in [5, 5.41) is 22.5. The summed E-state index contributed by atoms with van der Waals surface area (Å²) >= 11 is 0. The summed E-state index contributed by atoms with van der Waals surface area (Å²) in [6.07, 6.45) is 6.53. The van der Waals surface area contributed by atoms with Crippen LogP contribution in [0, 0.1) is 0 Å². The van der Waals surface area contributed by atoms with E-state index < -0.39 is 5.91 Å². The number of phenolic OH excluding ortho intramolecular Hbond substituents is 2. The largest absolute Gasteiger partial charge is 0.508 e. The highest BCUT2D eigenvalue weighted by Crippen LogP contribution is 2.39. The Balaban J connectivity index is 1.86. The van der Waals surface area contributed by atoms with Crippen molar-refractivity contribution in [3.8, 4) is 34.5 Å². The smallest absolute Gasteiger partial charge is 0.248 e. The quantitative estimate of drug-likeness (QED) is 0.296. The summed E-state index contributed by atoms with van der Waals surface area (Å²) in [5.74, 6) is 1.25. The van der Waals surface area contributed by atoms with Gasteiger partial charge in [0.25, 0.3) is 0 Å². The molecule has 0 aliphatic carbocycles. The fourth-order valence-electron chi connectivity index (χ4n) is 3.36. The molecule has 3 N–H and O–H groups in total. The van der Waals surface area contributed by atoms with Crippen molar-refractivity contribution < 1.29 is 34.0 Å². The molecule has 0 aliphatic heterocycles. The van der Waals surface area contributed by atoms with E-state index in [1.165, 1.54) is 52.7 Å². The van der Waals surface area contributed by atoms with Crippen molar-refractivity contribution in [1.82, 2.24) is 0 Å². The number of ether oxygens (including phenoxy) is 4. The summed E-state index contributed by atoms with van der Waals surface area (Å²) in [6, 6.07) is 13.2. The van der Waals surface area contributed by atoms with Crippen LogP contribution in [-0.4, -0.2) is 44.6 Å². The lowest BCUT2D eigenvalue weighted by atomic mass is 10.1. The summed E-state index contributed by atoms with van der Waals surface area (Å²) in [4.78, 5) is 12.5. The number of benzene rings is 3. The molecule has 3 aromatic carbocycles. The molecule has 35 heavy (non-hydrogen) atoms. The second kappa shape index (κ2) is 11.5. The molecule has 8 nitrogen and oxygen atoms in total. The van der Waals surface area contributed by atoms with Gasteiger partial charge >= 0.3 is 0 Å². The average Bonchev–Trinajstić information content (AvgIpc) is 2.86. The van der Waals surface area contributed by atoms with Crippen molar-refractivity contribution in [1.29, 1.82) is 0 Å². The van der Waals surface area contributed by atoms with Crippen molar-refractivity contribution in [2.45, 2.75) is 0 Å². The molecule has 0 radical (unpaired) electrons. The first kappa shape index (κ1) is 25.0. The Morgan fingerprint density at radius 2 is 1.29 bits per heavy atom. The minimum absolute atomic E-state index is 0.127. The van der Waals surface area contributed by atoms with E-state index in [1.807, 2.05) is 6.08 Å². The zero-order chi connectivity index (χ0) is 25.4. The van der Waals surface area contributed by atoms with Crippen molar-refractivity contribution in [2.24, 2.45) is 0 Å². The molecule has 0 saturated carbocycles. The molecule has 0 aromatic heterocycles. The third kappa shape index (κ3) is 6.26. The van der Waals surface area contributed by atoms with Gasteiger partial charge in [0.1, 0.15) is 5.75 Å². The van der Waals surface area contributed by atoms with E-state index in [1.54, 1.807) is 42.5 Å². The molecule has 0 spiro atoms. The Labute approximate surface area is 203 Å². The number of rotatable bonds is 9. The van der Waals surface area contributed by atoms with Crippen LogP contribution in [0.2, 0.25) is 0 Å². The summed E-state index contributed by atoms with van der Waals surface area (Å²) in [5.41, 5.74) is 2.44. The lowest BCUT2D eigenvalue weighted by molar-refractivity contribution is -0.111. The maximum Gasteiger partial charge on any atom is 0.248 e. The van der Waals surface area contributed by atoms with Gasteiger partial charge in [-0.1, -0.05) is 24.3 Å². The third-order valence-corrected chi connectivity index (χ3v) is 5.03. The molecule has 182 valence electrons. The van der Waals surface area contributed by atoms with Crippen molar-refractivity contribution in [3.05, 3.63) is 71.3 Å². The van der Waals surface area contributed by atoms with Crippen LogP contribution in [0.4, 0.5) is 5.69 Å². The molecule has 0 fully saturated rings. The molecule has 0 unspecified atom stereocenters. The fourth-order valence-corrected chi connectivity index (χ4v) is 3.36. The van der Waals surface area contributed by atoms with E-state index in [0.717, 1.165) is 11.1 Å². The maximum absolute atomic E-state index is 12.5. The minimum atomic E-state index is -0.415.